The van der Waals surface area contributed by atoms with Crippen molar-refractivity contribution in [1.29, 1.82) is 0 Å². The maximum absolute atomic E-state index is 13.0. The van der Waals surface area contributed by atoms with Gasteiger partial charge in [0.15, 0.2) is 0 Å². The van der Waals surface area contributed by atoms with Gasteiger partial charge in [-0.05, 0) is 39.7 Å². The molecule has 0 fully saturated rings. The standard InChI is InChI=1S/C11H7Br2FN2O/c12-4-7-5-15-11(16-6-7)17-8-1-2-10(14)9(13)3-8/h1-3,5-6H,4H2. The lowest BCUT2D eigenvalue weighted by Gasteiger charge is -2.04. The Morgan fingerprint density at radius 1 is 1.24 bits per heavy atom. The molecule has 0 unspecified atom stereocenters. The van der Waals surface area contributed by atoms with Gasteiger partial charge >= 0.3 is 6.01 Å². The monoisotopic (exact) mass is 360 g/mol. The van der Waals surface area contributed by atoms with Crippen molar-refractivity contribution in [3.05, 3.63) is 46.4 Å². The molecule has 0 aliphatic carbocycles. The van der Waals surface area contributed by atoms with Crippen LogP contribution in [0.2, 0.25) is 0 Å². The predicted molar refractivity (Wildman–Crippen MR) is 68.8 cm³/mol. The highest BCUT2D eigenvalue weighted by atomic mass is 79.9. The number of halogens is 3. The van der Waals surface area contributed by atoms with Gasteiger partial charge in [-0.3, -0.25) is 0 Å². The van der Waals surface area contributed by atoms with Gasteiger partial charge in [-0.25, -0.2) is 14.4 Å². The summed E-state index contributed by atoms with van der Waals surface area (Å²) in [5, 5.41) is 0.690. The van der Waals surface area contributed by atoms with Gasteiger partial charge in [0.05, 0.1) is 4.47 Å². The molecule has 2 aromatic rings. The Morgan fingerprint density at radius 3 is 2.53 bits per heavy atom. The molecule has 3 nitrogen and oxygen atoms in total. The topological polar surface area (TPSA) is 35.0 Å². The minimum atomic E-state index is -0.340. The second-order valence-corrected chi connectivity index (χ2v) is 4.60. The molecule has 88 valence electrons. The average molecular weight is 362 g/mol. The van der Waals surface area contributed by atoms with E-state index in [9.17, 15) is 4.39 Å². The summed E-state index contributed by atoms with van der Waals surface area (Å²) in [6.07, 6.45) is 3.32. The van der Waals surface area contributed by atoms with Crippen molar-refractivity contribution in [3.8, 4) is 11.8 Å². The molecular formula is C11H7Br2FN2O. The van der Waals surface area contributed by atoms with E-state index in [1.165, 1.54) is 18.2 Å². The van der Waals surface area contributed by atoms with Crippen LogP contribution in [0.15, 0.2) is 35.1 Å². The summed E-state index contributed by atoms with van der Waals surface area (Å²) < 4.78 is 18.7. The maximum Gasteiger partial charge on any atom is 0.321 e. The fourth-order valence-corrected chi connectivity index (χ4v) is 1.76. The van der Waals surface area contributed by atoms with Crippen LogP contribution in [-0.4, -0.2) is 9.97 Å². The zero-order chi connectivity index (χ0) is 12.3. The number of hydrogen-bond donors (Lipinski definition) is 0. The first-order valence-corrected chi connectivity index (χ1v) is 6.60. The normalized spacial score (nSPS) is 10.3. The molecule has 0 saturated heterocycles. The lowest BCUT2D eigenvalue weighted by molar-refractivity contribution is 0.439. The Morgan fingerprint density at radius 2 is 1.94 bits per heavy atom. The molecule has 2 rings (SSSR count). The van der Waals surface area contributed by atoms with Crippen LogP contribution in [0.3, 0.4) is 0 Å². The van der Waals surface area contributed by atoms with E-state index in [1.807, 2.05) is 0 Å². The summed E-state index contributed by atoms with van der Waals surface area (Å²) in [6.45, 7) is 0. The van der Waals surface area contributed by atoms with Gasteiger partial charge in [0.25, 0.3) is 0 Å². The van der Waals surface area contributed by atoms with Crippen LogP contribution in [0.1, 0.15) is 5.56 Å². The Labute approximate surface area is 114 Å². The molecule has 0 N–H and O–H groups in total. The van der Waals surface area contributed by atoms with Crippen LogP contribution in [-0.2, 0) is 5.33 Å². The first-order valence-electron chi connectivity index (χ1n) is 4.69. The smallest absolute Gasteiger partial charge is 0.321 e. The van der Waals surface area contributed by atoms with Crippen molar-refractivity contribution in [2.45, 2.75) is 5.33 Å². The second-order valence-electron chi connectivity index (χ2n) is 3.19. The lowest BCUT2D eigenvalue weighted by Crippen LogP contribution is -1.93. The Bertz CT molecular complexity index is 519. The summed E-state index contributed by atoms with van der Waals surface area (Å²) in [5.41, 5.74) is 0.956. The van der Waals surface area contributed by atoms with Crippen molar-refractivity contribution in [1.82, 2.24) is 9.97 Å². The number of rotatable bonds is 3. The Kier molecular flexibility index (Phi) is 4.06. The van der Waals surface area contributed by atoms with Gasteiger partial charge in [0.2, 0.25) is 0 Å². The van der Waals surface area contributed by atoms with Crippen molar-refractivity contribution in [2.75, 3.05) is 0 Å². The number of aromatic nitrogens is 2. The average Bonchev–Trinajstić information content (AvgIpc) is 2.35. The number of benzene rings is 1. The van der Waals surface area contributed by atoms with E-state index in [4.69, 9.17) is 4.74 Å². The van der Waals surface area contributed by atoms with Gasteiger partial charge in [-0.1, -0.05) is 15.9 Å². The van der Waals surface area contributed by atoms with Crippen molar-refractivity contribution in [2.24, 2.45) is 0 Å². The molecular weight excluding hydrogens is 355 g/mol. The first kappa shape index (κ1) is 12.4. The molecule has 1 aromatic carbocycles. The Hall–Kier alpha value is -1.01. The van der Waals surface area contributed by atoms with E-state index in [1.54, 1.807) is 12.4 Å². The Balaban J connectivity index is 2.16. The highest BCUT2D eigenvalue weighted by Gasteiger charge is 2.04. The summed E-state index contributed by atoms with van der Waals surface area (Å²) in [7, 11) is 0. The second kappa shape index (κ2) is 5.55. The lowest BCUT2D eigenvalue weighted by atomic mass is 10.3. The van der Waals surface area contributed by atoms with E-state index in [-0.39, 0.29) is 11.8 Å². The minimum absolute atomic E-state index is 0.230. The van der Waals surface area contributed by atoms with Crippen LogP contribution in [0.25, 0.3) is 0 Å². The van der Waals surface area contributed by atoms with E-state index >= 15 is 0 Å². The van der Waals surface area contributed by atoms with Crippen LogP contribution in [0.5, 0.6) is 11.8 Å². The van der Waals surface area contributed by atoms with Crippen LogP contribution < -0.4 is 4.74 Å². The van der Waals surface area contributed by atoms with Gasteiger partial charge in [-0.15, -0.1) is 0 Å². The molecule has 0 amide bonds. The van der Waals surface area contributed by atoms with Gasteiger partial charge in [0.1, 0.15) is 11.6 Å². The first-order chi connectivity index (χ1) is 8.19. The summed E-state index contributed by atoms with van der Waals surface area (Å²) >= 11 is 6.38. The summed E-state index contributed by atoms with van der Waals surface area (Å²) in [6, 6.07) is 4.58. The SMILES string of the molecule is Fc1ccc(Oc2ncc(CBr)cn2)cc1Br. The molecule has 6 heteroatoms. The maximum atomic E-state index is 13.0. The number of hydrogen-bond acceptors (Lipinski definition) is 3. The van der Waals surface area contributed by atoms with E-state index in [2.05, 4.69) is 41.8 Å². The van der Waals surface area contributed by atoms with Gasteiger partial charge in [-0.2, -0.15) is 0 Å². The summed E-state index contributed by atoms with van der Waals surface area (Å²) in [5.74, 6) is 0.137. The third-order valence-corrected chi connectivity index (χ3v) is 3.19. The zero-order valence-corrected chi connectivity index (χ0v) is 11.7. The van der Waals surface area contributed by atoms with Gasteiger partial charge < -0.3 is 4.74 Å². The van der Waals surface area contributed by atoms with Crippen molar-refractivity contribution in [3.63, 3.8) is 0 Å². The van der Waals surface area contributed by atoms with Crippen molar-refractivity contribution < 1.29 is 9.13 Å². The zero-order valence-electron chi connectivity index (χ0n) is 8.53. The van der Waals surface area contributed by atoms with E-state index < -0.39 is 0 Å². The predicted octanol–water partition coefficient (Wildman–Crippen LogP) is 4.07. The quantitative estimate of drug-likeness (QED) is 0.773. The largest absolute Gasteiger partial charge is 0.424 e. The molecule has 0 spiro atoms. The molecule has 0 atom stereocenters. The fourth-order valence-electron chi connectivity index (χ4n) is 1.11. The van der Waals surface area contributed by atoms with E-state index in [0.29, 0.717) is 15.6 Å². The van der Waals surface area contributed by atoms with Crippen LogP contribution in [0.4, 0.5) is 4.39 Å². The molecule has 0 radical (unpaired) electrons. The molecule has 1 heterocycles. The minimum Gasteiger partial charge on any atom is -0.424 e. The third kappa shape index (κ3) is 3.23. The number of nitrogens with zero attached hydrogens (tertiary/aromatic N) is 2. The fraction of sp³-hybridized carbons (Fsp3) is 0.0909. The number of alkyl halides is 1. The molecule has 0 saturated carbocycles. The summed E-state index contributed by atoms with van der Waals surface area (Å²) in [4.78, 5) is 8.05. The van der Waals surface area contributed by atoms with Gasteiger partial charge in [0, 0.05) is 17.7 Å². The highest BCUT2D eigenvalue weighted by Crippen LogP contribution is 2.24. The molecule has 0 bridgehead atoms. The van der Waals surface area contributed by atoms with Crippen molar-refractivity contribution >= 4 is 31.9 Å². The van der Waals surface area contributed by atoms with E-state index in [0.717, 1.165) is 5.56 Å². The van der Waals surface area contributed by atoms with Crippen LogP contribution in [0, 0.1) is 5.82 Å². The number of ether oxygens (including phenoxy) is 1. The van der Waals surface area contributed by atoms with Crippen LogP contribution >= 0.6 is 31.9 Å². The molecule has 1 aromatic heterocycles. The molecule has 0 aliphatic heterocycles. The highest BCUT2D eigenvalue weighted by molar-refractivity contribution is 9.10. The third-order valence-electron chi connectivity index (χ3n) is 1.94. The molecule has 17 heavy (non-hydrogen) atoms. The molecule has 0 aliphatic rings.